The lowest BCUT2D eigenvalue weighted by molar-refractivity contribution is 0.593. The second kappa shape index (κ2) is 15.6. The van der Waals surface area contributed by atoms with Gasteiger partial charge in [0, 0.05) is 33.4 Å². The fourth-order valence-corrected chi connectivity index (χ4v) is 9.62. The minimum absolute atomic E-state index is 0.127. The van der Waals surface area contributed by atoms with Gasteiger partial charge in [-0.2, -0.15) is 0 Å². The summed E-state index contributed by atoms with van der Waals surface area (Å²) in [5, 5.41) is 4.16. The third-order valence-electron chi connectivity index (χ3n) is 9.56. The van der Waals surface area contributed by atoms with Gasteiger partial charge in [0.2, 0.25) is 0 Å². The van der Waals surface area contributed by atoms with Gasteiger partial charge in [0.25, 0.3) is 0 Å². The van der Waals surface area contributed by atoms with Crippen molar-refractivity contribution in [2.75, 3.05) is 0 Å². The number of hydrogen-bond acceptors (Lipinski definition) is 4. The molecule has 0 heterocycles. The van der Waals surface area contributed by atoms with Crippen molar-refractivity contribution in [1.82, 2.24) is 0 Å². The molecule has 8 aromatic rings. The molecule has 0 aliphatic carbocycles. The van der Waals surface area contributed by atoms with E-state index in [4.69, 9.17) is 0 Å². The van der Waals surface area contributed by atoms with Crippen LogP contribution in [0, 0.1) is 23.7 Å². The Morgan fingerprint density at radius 1 is 0.357 bits per heavy atom. The predicted octanol–water partition coefficient (Wildman–Crippen LogP) is 10.4. The molecular weight excluding hydrogens is 729 g/mol. The van der Waals surface area contributed by atoms with Crippen LogP contribution >= 0.6 is 0 Å². The van der Waals surface area contributed by atoms with Crippen LogP contribution in [0.2, 0.25) is 0 Å². The lowest BCUT2D eigenvalue weighted by Gasteiger charge is -2.15. The monoisotopic (exact) mass is 762 g/mol. The molecule has 4 nitrogen and oxygen atoms in total. The second-order valence-corrected chi connectivity index (χ2v) is 17.4. The number of fused-ring (bicyclic) bond motifs is 2. The maximum absolute atomic E-state index is 13.2. The van der Waals surface area contributed by atoms with Gasteiger partial charge in [-0.25, -0.2) is 16.8 Å². The fourth-order valence-electron chi connectivity index (χ4n) is 6.91. The molecule has 0 aliphatic heterocycles. The van der Waals surface area contributed by atoms with Crippen molar-refractivity contribution in [1.29, 1.82) is 0 Å². The first-order valence-corrected chi connectivity index (χ1v) is 21.4. The largest absolute Gasteiger partial charge is 0.223 e. The highest BCUT2D eigenvalue weighted by Crippen LogP contribution is 2.39. The SMILES string of the molecule is O=S(=O)(Cc1cccc(C#Cc2ccc3ccccc3c2-c2c(C#Cc3cccc(CS(=O)(=O)c4ccccc4)c3)ccc3ccccc23)c1)c1ccccc1. The van der Waals surface area contributed by atoms with Gasteiger partial charge in [-0.15, -0.1) is 0 Å². The molecule has 270 valence electrons. The van der Waals surface area contributed by atoms with E-state index in [0.717, 1.165) is 43.8 Å². The van der Waals surface area contributed by atoms with Crippen LogP contribution in [-0.2, 0) is 31.2 Å². The molecule has 6 heteroatoms. The standard InChI is InChI=1S/C50H34O4S2/c51-55(52,45-19-3-1-4-20-45)35-39-15-11-13-37(33-39)25-27-43-31-29-41-17-7-9-23-47(41)49(43)50-44(32-30-42-18-8-10-24-48(42)50)28-26-38-14-12-16-40(34-38)36-56(53,54)46-21-5-2-6-22-46/h1-24,29-34H,35-36H2. The van der Waals surface area contributed by atoms with Crippen LogP contribution in [0.5, 0.6) is 0 Å². The van der Waals surface area contributed by atoms with Crippen LogP contribution in [0.4, 0.5) is 0 Å². The van der Waals surface area contributed by atoms with Gasteiger partial charge in [-0.3, -0.25) is 0 Å². The lowest BCUT2D eigenvalue weighted by atomic mass is 9.87. The molecule has 0 aliphatic rings. The third kappa shape index (κ3) is 7.90. The number of rotatable bonds is 7. The van der Waals surface area contributed by atoms with Crippen molar-refractivity contribution in [3.63, 3.8) is 0 Å². The Morgan fingerprint density at radius 2 is 0.750 bits per heavy atom. The molecule has 0 amide bonds. The molecular formula is C50H34O4S2. The predicted molar refractivity (Wildman–Crippen MR) is 226 cm³/mol. The minimum atomic E-state index is -3.53. The number of hydrogen-bond donors (Lipinski definition) is 0. The second-order valence-electron chi connectivity index (χ2n) is 13.5. The van der Waals surface area contributed by atoms with E-state index in [9.17, 15) is 16.8 Å². The van der Waals surface area contributed by atoms with E-state index in [1.165, 1.54) is 0 Å². The Labute approximate surface area is 328 Å². The zero-order valence-electron chi connectivity index (χ0n) is 30.2. The van der Waals surface area contributed by atoms with Gasteiger partial charge in [-0.1, -0.05) is 145 Å². The highest BCUT2D eigenvalue weighted by molar-refractivity contribution is 7.91. The van der Waals surface area contributed by atoms with Gasteiger partial charge in [0.15, 0.2) is 19.7 Å². The molecule has 0 atom stereocenters. The number of sulfone groups is 2. The molecule has 0 aromatic heterocycles. The molecule has 0 fully saturated rings. The van der Waals surface area contributed by atoms with Crippen LogP contribution in [0.25, 0.3) is 32.7 Å². The molecule has 0 bridgehead atoms. The van der Waals surface area contributed by atoms with Crippen LogP contribution in [-0.4, -0.2) is 16.8 Å². The maximum Gasteiger partial charge on any atom is 0.182 e. The molecule has 0 spiro atoms. The molecule has 0 N–H and O–H groups in total. The van der Waals surface area contributed by atoms with E-state index in [2.05, 4.69) is 60.1 Å². The average Bonchev–Trinajstić information content (AvgIpc) is 3.22. The lowest BCUT2D eigenvalue weighted by Crippen LogP contribution is -2.04. The van der Waals surface area contributed by atoms with Crippen molar-refractivity contribution >= 4 is 41.2 Å². The molecule has 8 rings (SSSR count). The molecule has 8 aromatic carbocycles. The summed E-state index contributed by atoms with van der Waals surface area (Å²) in [5.41, 5.74) is 6.23. The molecule has 0 unspecified atom stereocenters. The normalized spacial score (nSPS) is 11.4. The first-order valence-electron chi connectivity index (χ1n) is 18.0. The fraction of sp³-hybridized carbons (Fsp3) is 0.0400. The topological polar surface area (TPSA) is 68.3 Å². The van der Waals surface area contributed by atoms with Gasteiger partial charge >= 0.3 is 0 Å². The summed E-state index contributed by atoms with van der Waals surface area (Å²) >= 11 is 0. The quantitative estimate of drug-likeness (QED) is 0.152. The van der Waals surface area contributed by atoms with E-state index in [-0.39, 0.29) is 21.3 Å². The van der Waals surface area contributed by atoms with E-state index >= 15 is 0 Å². The van der Waals surface area contributed by atoms with Crippen molar-refractivity contribution in [3.05, 3.63) is 215 Å². The highest BCUT2D eigenvalue weighted by Gasteiger charge is 2.18. The number of benzene rings is 8. The minimum Gasteiger partial charge on any atom is -0.223 e. The van der Waals surface area contributed by atoms with Gasteiger partial charge in [-0.05, 0) is 93.3 Å². The van der Waals surface area contributed by atoms with Crippen molar-refractivity contribution < 1.29 is 16.8 Å². The summed E-state index contributed by atoms with van der Waals surface area (Å²) in [6.45, 7) is 0. The third-order valence-corrected chi connectivity index (χ3v) is 13.0. The Kier molecular flexibility index (Phi) is 10.1. The van der Waals surface area contributed by atoms with Crippen molar-refractivity contribution in [2.24, 2.45) is 0 Å². The highest BCUT2D eigenvalue weighted by atomic mass is 32.2. The summed E-state index contributed by atoms with van der Waals surface area (Å²) in [5.74, 6) is 13.3. The molecule has 0 saturated heterocycles. The van der Waals surface area contributed by atoms with E-state index in [1.807, 2.05) is 84.9 Å². The first kappa shape index (κ1) is 36.3. The molecule has 56 heavy (non-hydrogen) atoms. The summed E-state index contributed by atoms with van der Waals surface area (Å²) in [4.78, 5) is 0.574. The van der Waals surface area contributed by atoms with Crippen LogP contribution < -0.4 is 0 Å². The van der Waals surface area contributed by atoms with E-state index in [0.29, 0.717) is 22.3 Å². The van der Waals surface area contributed by atoms with E-state index in [1.54, 1.807) is 60.7 Å². The maximum atomic E-state index is 13.2. The first-order chi connectivity index (χ1) is 27.2. The Bertz CT molecular complexity index is 2900. The molecule has 0 saturated carbocycles. The zero-order valence-corrected chi connectivity index (χ0v) is 31.8. The Hall–Kier alpha value is -6.70. The van der Waals surface area contributed by atoms with Gasteiger partial charge in [0.1, 0.15) is 0 Å². The van der Waals surface area contributed by atoms with Gasteiger partial charge in [0.05, 0.1) is 21.3 Å². The van der Waals surface area contributed by atoms with Gasteiger partial charge < -0.3 is 0 Å². The van der Waals surface area contributed by atoms with Crippen LogP contribution in [0.3, 0.4) is 0 Å². The summed E-state index contributed by atoms with van der Waals surface area (Å²) in [7, 11) is -7.05. The Morgan fingerprint density at radius 3 is 1.18 bits per heavy atom. The van der Waals surface area contributed by atoms with E-state index < -0.39 is 19.7 Å². The summed E-state index contributed by atoms with van der Waals surface area (Å²) < 4.78 is 52.6. The zero-order chi connectivity index (χ0) is 38.5. The Balaban J connectivity index is 1.22. The smallest absolute Gasteiger partial charge is 0.182 e. The molecule has 0 radical (unpaired) electrons. The summed E-state index contributed by atoms with van der Waals surface area (Å²) in [6.07, 6.45) is 0. The van der Waals surface area contributed by atoms with Crippen LogP contribution in [0.1, 0.15) is 33.4 Å². The summed E-state index contributed by atoms with van der Waals surface area (Å²) in [6, 6.07) is 56.3. The van der Waals surface area contributed by atoms with Crippen LogP contribution in [0.15, 0.2) is 192 Å². The average molecular weight is 763 g/mol. The van der Waals surface area contributed by atoms with Crippen molar-refractivity contribution in [3.8, 4) is 34.8 Å². The van der Waals surface area contributed by atoms with Crippen molar-refractivity contribution in [2.45, 2.75) is 21.3 Å².